The molecular weight excluding hydrogens is 402 g/mol. The lowest BCUT2D eigenvalue weighted by molar-refractivity contribution is -0.135. The molecule has 0 unspecified atom stereocenters. The Labute approximate surface area is 180 Å². The molecule has 0 bridgehead atoms. The van der Waals surface area contributed by atoms with E-state index < -0.39 is 0 Å². The van der Waals surface area contributed by atoms with Crippen molar-refractivity contribution in [1.29, 1.82) is 0 Å². The number of carbonyl (C=O) groups excluding carboxylic acids is 2. The third kappa shape index (κ3) is 4.89. The van der Waals surface area contributed by atoms with Crippen LogP contribution >= 0.6 is 11.3 Å². The average Bonchev–Trinajstić information content (AvgIpc) is 3.07. The molecule has 8 nitrogen and oxygen atoms in total. The Morgan fingerprint density at radius 1 is 0.933 bits per heavy atom. The number of thiophene rings is 1. The molecule has 0 atom stereocenters. The van der Waals surface area contributed by atoms with Gasteiger partial charge in [-0.25, -0.2) is 4.98 Å². The Kier molecular flexibility index (Phi) is 6.79. The molecule has 2 saturated heterocycles. The summed E-state index contributed by atoms with van der Waals surface area (Å²) >= 11 is 1.44. The highest BCUT2D eigenvalue weighted by molar-refractivity contribution is 7.16. The summed E-state index contributed by atoms with van der Waals surface area (Å²) in [6, 6.07) is 1.78. The third-order valence-corrected chi connectivity index (χ3v) is 6.88. The van der Waals surface area contributed by atoms with E-state index in [1.54, 1.807) is 6.07 Å². The van der Waals surface area contributed by atoms with Crippen molar-refractivity contribution < 1.29 is 9.59 Å². The molecule has 2 fully saturated rings. The number of hydrogen-bond acceptors (Lipinski definition) is 6. The molecule has 4 rings (SSSR count). The van der Waals surface area contributed by atoms with E-state index in [1.165, 1.54) is 35.1 Å². The summed E-state index contributed by atoms with van der Waals surface area (Å²) in [5.74, 6) is 0.262. The van der Waals surface area contributed by atoms with Crippen LogP contribution in [0.4, 0.5) is 0 Å². The molecule has 0 N–H and O–H groups in total. The molecule has 2 aliphatic heterocycles. The Morgan fingerprint density at radius 2 is 1.63 bits per heavy atom. The van der Waals surface area contributed by atoms with Crippen LogP contribution < -0.4 is 5.56 Å². The van der Waals surface area contributed by atoms with Crippen molar-refractivity contribution in [3.05, 3.63) is 28.1 Å². The van der Waals surface area contributed by atoms with Gasteiger partial charge in [0.2, 0.25) is 11.8 Å². The van der Waals surface area contributed by atoms with Gasteiger partial charge in [0.05, 0.1) is 18.3 Å². The van der Waals surface area contributed by atoms with Crippen molar-refractivity contribution in [2.45, 2.75) is 38.6 Å². The van der Waals surface area contributed by atoms with Crippen molar-refractivity contribution in [3.8, 4) is 0 Å². The van der Waals surface area contributed by atoms with Gasteiger partial charge >= 0.3 is 0 Å². The van der Waals surface area contributed by atoms with Gasteiger partial charge in [0.25, 0.3) is 5.56 Å². The van der Waals surface area contributed by atoms with E-state index in [0.717, 1.165) is 30.8 Å². The summed E-state index contributed by atoms with van der Waals surface area (Å²) in [6.07, 6.45) is 6.45. The highest BCUT2D eigenvalue weighted by Gasteiger charge is 2.24. The van der Waals surface area contributed by atoms with Crippen LogP contribution in [0, 0.1) is 0 Å². The minimum absolute atomic E-state index is 0.0470. The molecule has 162 valence electrons. The van der Waals surface area contributed by atoms with Gasteiger partial charge in [-0.15, -0.1) is 11.3 Å². The van der Waals surface area contributed by atoms with Crippen molar-refractivity contribution >= 4 is 33.4 Å². The van der Waals surface area contributed by atoms with Crippen molar-refractivity contribution in [1.82, 2.24) is 24.3 Å². The van der Waals surface area contributed by atoms with E-state index >= 15 is 0 Å². The monoisotopic (exact) mass is 431 g/mol. The zero-order valence-electron chi connectivity index (χ0n) is 17.3. The van der Waals surface area contributed by atoms with Crippen LogP contribution in [0.3, 0.4) is 0 Å². The number of hydrogen-bond donors (Lipinski definition) is 0. The van der Waals surface area contributed by atoms with Crippen LogP contribution in [0.2, 0.25) is 0 Å². The Balaban J connectivity index is 1.23. The molecular formula is C21H29N5O3S. The maximum absolute atomic E-state index is 12.6. The maximum Gasteiger partial charge on any atom is 0.262 e. The third-order valence-electron chi connectivity index (χ3n) is 6.06. The molecule has 4 heterocycles. The van der Waals surface area contributed by atoms with Crippen LogP contribution in [0.15, 0.2) is 22.6 Å². The summed E-state index contributed by atoms with van der Waals surface area (Å²) in [4.78, 5) is 48.6. The molecule has 2 aromatic heterocycles. The minimum atomic E-state index is -0.0918. The van der Waals surface area contributed by atoms with Gasteiger partial charge in [-0.05, 0) is 24.3 Å². The molecule has 0 aliphatic carbocycles. The summed E-state index contributed by atoms with van der Waals surface area (Å²) in [5, 5.41) is 2.46. The smallest absolute Gasteiger partial charge is 0.262 e. The number of carbonyl (C=O) groups is 2. The first-order valence-electron chi connectivity index (χ1n) is 10.8. The van der Waals surface area contributed by atoms with Gasteiger partial charge in [0.15, 0.2) is 0 Å². The van der Waals surface area contributed by atoms with Crippen LogP contribution in [-0.4, -0.2) is 81.9 Å². The average molecular weight is 432 g/mol. The van der Waals surface area contributed by atoms with E-state index in [2.05, 4.69) is 9.88 Å². The highest BCUT2D eigenvalue weighted by atomic mass is 32.1. The van der Waals surface area contributed by atoms with Gasteiger partial charge < -0.3 is 9.80 Å². The summed E-state index contributed by atoms with van der Waals surface area (Å²) in [7, 11) is 0. The lowest BCUT2D eigenvalue weighted by Crippen LogP contribution is -2.51. The highest BCUT2D eigenvalue weighted by Crippen LogP contribution is 2.14. The molecule has 2 aliphatic rings. The molecule has 9 heteroatoms. The fraction of sp³-hybridized carbons (Fsp3) is 0.619. The second kappa shape index (κ2) is 9.70. The molecule has 0 radical (unpaired) electrons. The van der Waals surface area contributed by atoms with E-state index in [4.69, 9.17) is 0 Å². The summed E-state index contributed by atoms with van der Waals surface area (Å²) < 4.78 is 1.52. The van der Waals surface area contributed by atoms with E-state index in [1.807, 2.05) is 15.2 Å². The van der Waals surface area contributed by atoms with Crippen LogP contribution in [-0.2, 0) is 16.1 Å². The van der Waals surface area contributed by atoms with Gasteiger partial charge in [0.1, 0.15) is 4.83 Å². The minimum Gasteiger partial charge on any atom is -0.342 e. The number of rotatable bonds is 5. The first-order valence-corrected chi connectivity index (χ1v) is 11.7. The molecule has 2 aromatic rings. The Hall–Kier alpha value is -2.26. The maximum atomic E-state index is 12.6. The number of nitrogens with zero attached hydrogens (tertiary/aromatic N) is 5. The predicted molar refractivity (Wildman–Crippen MR) is 117 cm³/mol. The zero-order chi connectivity index (χ0) is 20.9. The van der Waals surface area contributed by atoms with E-state index in [0.29, 0.717) is 44.7 Å². The van der Waals surface area contributed by atoms with Crippen molar-refractivity contribution in [3.63, 3.8) is 0 Å². The predicted octanol–water partition coefficient (Wildman–Crippen LogP) is 1.39. The standard InChI is InChI=1S/C21H29N5O3S/c27-18(5-9-26-16-22-20-17(21(26)29)6-14-30-20)25-12-10-23(11-13-25)15-19(28)24-7-3-1-2-4-8-24/h6,14,16H,1-5,7-13,15H2. The molecule has 30 heavy (non-hydrogen) atoms. The SMILES string of the molecule is O=C(CCn1cnc2sccc2c1=O)N1CCN(CC(=O)N2CCCCCC2)CC1. The Morgan fingerprint density at radius 3 is 2.37 bits per heavy atom. The van der Waals surface area contributed by atoms with Gasteiger partial charge in [0, 0.05) is 52.2 Å². The number of piperazine rings is 1. The second-order valence-corrected chi connectivity index (χ2v) is 8.98. The number of aromatic nitrogens is 2. The quantitative estimate of drug-likeness (QED) is 0.715. The lowest BCUT2D eigenvalue weighted by atomic mass is 10.2. The first kappa shape index (κ1) is 21.0. The van der Waals surface area contributed by atoms with Crippen molar-refractivity contribution in [2.75, 3.05) is 45.8 Å². The number of likely N-dealkylation sites (tertiary alicyclic amines) is 1. The lowest BCUT2D eigenvalue weighted by Gasteiger charge is -2.35. The van der Waals surface area contributed by atoms with Gasteiger partial charge in [-0.1, -0.05) is 12.8 Å². The molecule has 0 aromatic carbocycles. The molecule has 0 saturated carbocycles. The van der Waals surface area contributed by atoms with E-state index in [9.17, 15) is 14.4 Å². The molecule has 2 amide bonds. The first-order chi connectivity index (χ1) is 14.6. The van der Waals surface area contributed by atoms with Crippen molar-refractivity contribution in [2.24, 2.45) is 0 Å². The van der Waals surface area contributed by atoms with Crippen LogP contribution in [0.25, 0.3) is 10.2 Å². The van der Waals surface area contributed by atoms with Crippen LogP contribution in [0.1, 0.15) is 32.1 Å². The topological polar surface area (TPSA) is 78.8 Å². The fourth-order valence-corrected chi connectivity index (χ4v) is 4.92. The second-order valence-electron chi connectivity index (χ2n) is 8.08. The van der Waals surface area contributed by atoms with Gasteiger partial charge in [-0.2, -0.15) is 0 Å². The van der Waals surface area contributed by atoms with E-state index in [-0.39, 0.29) is 23.8 Å². The zero-order valence-corrected chi connectivity index (χ0v) is 18.1. The summed E-state index contributed by atoms with van der Waals surface area (Å²) in [5.41, 5.74) is -0.0918. The summed E-state index contributed by atoms with van der Waals surface area (Å²) in [6.45, 7) is 5.23. The fourth-order valence-electron chi connectivity index (χ4n) is 4.19. The number of fused-ring (bicyclic) bond motifs is 1. The largest absolute Gasteiger partial charge is 0.342 e. The Bertz CT molecular complexity index is 940. The molecule has 0 spiro atoms. The number of aryl methyl sites for hydroxylation is 1. The number of amides is 2. The van der Waals surface area contributed by atoms with Gasteiger partial charge in [-0.3, -0.25) is 23.9 Å². The normalized spacial score (nSPS) is 18.5. The van der Waals surface area contributed by atoms with Crippen LogP contribution in [0.5, 0.6) is 0 Å².